The molecule has 0 aliphatic heterocycles. The third-order valence-electron chi connectivity index (χ3n) is 3.08. The van der Waals surface area contributed by atoms with Gasteiger partial charge in [-0.1, -0.05) is 13.8 Å². The lowest BCUT2D eigenvalue weighted by Gasteiger charge is -2.16. The number of aromatic nitrogens is 2. The molecule has 0 fully saturated rings. The molecule has 0 aromatic carbocycles. The van der Waals surface area contributed by atoms with Crippen molar-refractivity contribution in [2.75, 3.05) is 6.54 Å². The highest BCUT2D eigenvalue weighted by molar-refractivity contribution is 5.01. The van der Waals surface area contributed by atoms with Gasteiger partial charge in [-0.25, -0.2) is 4.98 Å². The Kier molecular flexibility index (Phi) is 5.35. The second-order valence-corrected chi connectivity index (χ2v) is 4.40. The zero-order valence-electron chi connectivity index (χ0n) is 11.3. The predicted molar refractivity (Wildman–Crippen MR) is 70.3 cm³/mol. The smallest absolute Gasteiger partial charge is 0.253 e. The topological polar surface area (TPSA) is 46.9 Å². The maximum atomic E-state index is 11.8. The maximum absolute atomic E-state index is 11.8. The summed E-state index contributed by atoms with van der Waals surface area (Å²) < 4.78 is 1.72. The zero-order chi connectivity index (χ0) is 12.8. The molecule has 0 atom stereocenters. The molecule has 0 saturated heterocycles. The minimum absolute atomic E-state index is 0.0429. The molecule has 0 radical (unpaired) electrons. The average molecular weight is 237 g/mol. The van der Waals surface area contributed by atoms with Crippen LogP contribution in [-0.2, 0) is 6.54 Å². The number of rotatable bonds is 6. The number of hydrogen-bond acceptors (Lipinski definition) is 3. The molecule has 0 saturated carbocycles. The Morgan fingerprint density at radius 1 is 1.35 bits per heavy atom. The van der Waals surface area contributed by atoms with Crippen molar-refractivity contribution in [2.24, 2.45) is 0 Å². The number of nitrogens with zero attached hydrogens (tertiary/aromatic N) is 2. The Labute approximate surface area is 103 Å². The second-order valence-electron chi connectivity index (χ2n) is 4.40. The van der Waals surface area contributed by atoms with Gasteiger partial charge in [0.05, 0.1) is 0 Å². The van der Waals surface area contributed by atoms with Crippen LogP contribution in [0.3, 0.4) is 0 Å². The van der Waals surface area contributed by atoms with Crippen LogP contribution in [0.1, 0.15) is 38.2 Å². The third-order valence-corrected chi connectivity index (χ3v) is 3.08. The highest BCUT2D eigenvalue weighted by Gasteiger charge is 2.04. The van der Waals surface area contributed by atoms with E-state index in [1.807, 2.05) is 13.8 Å². The van der Waals surface area contributed by atoms with E-state index in [2.05, 4.69) is 24.1 Å². The summed E-state index contributed by atoms with van der Waals surface area (Å²) >= 11 is 0. The lowest BCUT2D eigenvalue weighted by molar-refractivity contribution is 0.458. The Balaban J connectivity index is 2.61. The standard InChI is InChI=1S/C13H23N3O/c1-5-12(6-2)14-7-8-16-11(4)15-10(3)9-13(16)17/h9,12,14H,5-8H2,1-4H3. The number of hydrogen-bond donors (Lipinski definition) is 1. The van der Waals surface area contributed by atoms with Crippen molar-refractivity contribution < 1.29 is 0 Å². The normalized spacial score (nSPS) is 11.1. The van der Waals surface area contributed by atoms with Gasteiger partial charge in [0, 0.05) is 30.9 Å². The first kappa shape index (κ1) is 13.9. The molecule has 0 aliphatic carbocycles. The molecule has 1 heterocycles. The summed E-state index contributed by atoms with van der Waals surface area (Å²) in [5.41, 5.74) is 0.832. The minimum atomic E-state index is 0.0429. The molecule has 1 aromatic rings. The van der Waals surface area contributed by atoms with Crippen LogP contribution in [0.4, 0.5) is 0 Å². The number of aryl methyl sites for hydroxylation is 2. The largest absolute Gasteiger partial charge is 0.312 e. The number of nitrogens with one attached hydrogen (secondary N) is 1. The van der Waals surface area contributed by atoms with Gasteiger partial charge < -0.3 is 5.32 Å². The molecule has 4 nitrogen and oxygen atoms in total. The third kappa shape index (κ3) is 3.97. The fourth-order valence-corrected chi connectivity index (χ4v) is 1.99. The van der Waals surface area contributed by atoms with Crippen molar-refractivity contribution in [1.29, 1.82) is 0 Å². The first-order valence-electron chi connectivity index (χ1n) is 6.37. The molecule has 1 aromatic heterocycles. The van der Waals surface area contributed by atoms with Crippen LogP contribution in [-0.4, -0.2) is 22.1 Å². The van der Waals surface area contributed by atoms with Crippen LogP contribution in [0.5, 0.6) is 0 Å². The van der Waals surface area contributed by atoms with E-state index in [0.29, 0.717) is 12.6 Å². The molecule has 1 N–H and O–H groups in total. The van der Waals surface area contributed by atoms with Crippen LogP contribution in [0.15, 0.2) is 10.9 Å². The van der Waals surface area contributed by atoms with Crippen molar-refractivity contribution in [2.45, 2.75) is 53.1 Å². The fraction of sp³-hybridized carbons (Fsp3) is 0.692. The first-order valence-corrected chi connectivity index (χ1v) is 6.37. The van der Waals surface area contributed by atoms with Gasteiger partial charge in [-0.15, -0.1) is 0 Å². The van der Waals surface area contributed by atoms with E-state index in [9.17, 15) is 4.79 Å². The Morgan fingerprint density at radius 2 is 2.00 bits per heavy atom. The lowest BCUT2D eigenvalue weighted by atomic mass is 10.2. The fourth-order valence-electron chi connectivity index (χ4n) is 1.99. The van der Waals surface area contributed by atoms with E-state index in [1.54, 1.807) is 10.6 Å². The van der Waals surface area contributed by atoms with Gasteiger partial charge in [-0.2, -0.15) is 0 Å². The summed E-state index contributed by atoms with van der Waals surface area (Å²) in [6.45, 7) is 9.58. The minimum Gasteiger partial charge on any atom is -0.312 e. The molecule has 0 bridgehead atoms. The molecule has 0 aliphatic rings. The SMILES string of the molecule is CCC(CC)NCCn1c(C)nc(C)cc1=O. The molecule has 17 heavy (non-hydrogen) atoms. The van der Waals surface area contributed by atoms with Crippen molar-refractivity contribution in [3.8, 4) is 0 Å². The molecule has 96 valence electrons. The van der Waals surface area contributed by atoms with E-state index in [-0.39, 0.29) is 5.56 Å². The summed E-state index contributed by atoms with van der Waals surface area (Å²) in [4.78, 5) is 16.1. The van der Waals surface area contributed by atoms with Crippen LogP contribution in [0.2, 0.25) is 0 Å². The van der Waals surface area contributed by atoms with Crippen molar-refractivity contribution in [3.05, 3.63) is 27.9 Å². The molecular formula is C13H23N3O. The Bertz CT molecular complexity index is 408. The van der Waals surface area contributed by atoms with Gasteiger partial charge in [0.1, 0.15) is 5.82 Å². The molecule has 0 spiro atoms. The molecule has 0 amide bonds. The van der Waals surface area contributed by atoms with E-state index in [4.69, 9.17) is 0 Å². The van der Waals surface area contributed by atoms with Crippen molar-refractivity contribution in [3.63, 3.8) is 0 Å². The summed E-state index contributed by atoms with van der Waals surface area (Å²) in [5.74, 6) is 0.793. The molecular weight excluding hydrogens is 214 g/mol. The summed E-state index contributed by atoms with van der Waals surface area (Å²) in [6.07, 6.45) is 2.24. The quantitative estimate of drug-likeness (QED) is 0.818. The Hall–Kier alpha value is -1.16. The van der Waals surface area contributed by atoms with Gasteiger partial charge in [0.25, 0.3) is 5.56 Å². The summed E-state index contributed by atoms with van der Waals surface area (Å²) in [6, 6.07) is 2.13. The summed E-state index contributed by atoms with van der Waals surface area (Å²) in [5, 5.41) is 3.45. The van der Waals surface area contributed by atoms with Crippen LogP contribution in [0.25, 0.3) is 0 Å². The first-order chi connectivity index (χ1) is 8.08. The second kappa shape index (κ2) is 6.55. The highest BCUT2D eigenvalue weighted by Crippen LogP contribution is 1.96. The molecule has 4 heteroatoms. The van der Waals surface area contributed by atoms with Crippen molar-refractivity contribution >= 4 is 0 Å². The maximum Gasteiger partial charge on any atom is 0.253 e. The van der Waals surface area contributed by atoms with Gasteiger partial charge in [-0.05, 0) is 26.7 Å². The van der Waals surface area contributed by atoms with Gasteiger partial charge in [-0.3, -0.25) is 9.36 Å². The van der Waals surface area contributed by atoms with E-state index >= 15 is 0 Å². The zero-order valence-corrected chi connectivity index (χ0v) is 11.3. The van der Waals surface area contributed by atoms with E-state index in [1.165, 1.54) is 0 Å². The van der Waals surface area contributed by atoms with Gasteiger partial charge in [0.2, 0.25) is 0 Å². The summed E-state index contributed by atoms with van der Waals surface area (Å²) in [7, 11) is 0. The van der Waals surface area contributed by atoms with Crippen LogP contribution in [0, 0.1) is 13.8 Å². The monoisotopic (exact) mass is 237 g/mol. The highest BCUT2D eigenvalue weighted by atomic mass is 16.1. The average Bonchev–Trinajstić information content (AvgIpc) is 2.27. The van der Waals surface area contributed by atoms with E-state index in [0.717, 1.165) is 30.9 Å². The van der Waals surface area contributed by atoms with Gasteiger partial charge in [0.15, 0.2) is 0 Å². The van der Waals surface area contributed by atoms with Gasteiger partial charge >= 0.3 is 0 Å². The van der Waals surface area contributed by atoms with Crippen LogP contribution < -0.4 is 10.9 Å². The van der Waals surface area contributed by atoms with Crippen molar-refractivity contribution in [1.82, 2.24) is 14.9 Å². The molecule has 1 rings (SSSR count). The lowest BCUT2D eigenvalue weighted by Crippen LogP contribution is -2.34. The molecule has 0 unspecified atom stereocenters. The van der Waals surface area contributed by atoms with Crippen LogP contribution >= 0.6 is 0 Å². The van der Waals surface area contributed by atoms with E-state index < -0.39 is 0 Å². The predicted octanol–water partition coefficient (Wildman–Crippen LogP) is 1.64. The Morgan fingerprint density at radius 3 is 2.53 bits per heavy atom.